The van der Waals surface area contributed by atoms with Gasteiger partial charge in [0.05, 0.1) is 13.0 Å². The third-order valence-electron chi connectivity index (χ3n) is 4.17. The van der Waals surface area contributed by atoms with E-state index in [0.29, 0.717) is 24.4 Å². The molecule has 0 fully saturated rings. The Balaban J connectivity index is 1.85. The van der Waals surface area contributed by atoms with Gasteiger partial charge in [-0.25, -0.2) is 0 Å². The Bertz CT molecular complexity index is 826. The predicted octanol–water partition coefficient (Wildman–Crippen LogP) is 2.00. The highest BCUT2D eigenvalue weighted by molar-refractivity contribution is 6.03. The van der Waals surface area contributed by atoms with Gasteiger partial charge in [0, 0.05) is 24.0 Å². The van der Waals surface area contributed by atoms with Crippen molar-refractivity contribution < 1.29 is 14.6 Å². The number of aryl methyl sites for hydroxylation is 1. The molecule has 1 atom stereocenters. The number of fused-ring (bicyclic) bond motifs is 1. The number of amides is 1. The molecule has 1 aromatic heterocycles. The number of ether oxygens (including phenoxy) is 1. The Labute approximate surface area is 133 Å². The van der Waals surface area contributed by atoms with Crippen molar-refractivity contribution in [1.29, 1.82) is 0 Å². The summed E-state index contributed by atoms with van der Waals surface area (Å²) in [6, 6.07) is 8.19. The van der Waals surface area contributed by atoms with Gasteiger partial charge in [0.15, 0.2) is 0 Å². The van der Waals surface area contributed by atoms with Crippen LogP contribution < -0.4 is 15.6 Å². The van der Waals surface area contributed by atoms with Crippen LogP contribution in [-0.4, -0.2) is 22.7 Å². The molecular weight excluding hydrogens is 296 g/mol. The Hall–Kier alpha value is -2.76. The molecule has 0 saturated heterocycles. The van der Waals surface area contributed by atoms with Crippen molar-refractivity contribution in [2.75, 3.05) is 12.4 Å². The number of carbonyl (C=O) groups is 1. The number of anilines is 1. The SMILES string of the molecule is COc1ccc2c(c1)C(CCn1c(C)cc(O)cc1=O)C(=O)N2. The monoisotopic (exact) mass is 314 g/mol. The van der Waals surface area contributed by atoms with Gasteiger partial charge in [-0.05, 0) is 43.2 Å². The molecule has 1 unspecified atom stereocenters. The summed E-state index contributed by atoms with van der Waals surface area (Å²) >= 11 is 0. The second-order valence-electron chi connectivity index (χ2n) is 5.63. The number of hydrogen-bond donors (Lipinski definition) is 2. The van der Waals surface area contributed by atoms with E-state index < -0.39 is 0 Å². The van der Waals surface area contributed by atoms with E-state index in [4.69, 9.17) is 4.74 Å². The maximum absolute atomic E-state index is 12.2. The lowest BCUT2D eigenvalue weighted by Gasteiger charge is -2.13. The minimum Gasteiger partial charge on any atom is -0.508 e. The van der Waals surface area contributed by atoms with E-state index in [9.17, 15) is 14.7 Å². The maximum atomic E-state index is 12.2. The molecule has 2 N–H and O–H groups in total. The predicted molar refractivity (Wildman–Crippen MR) is 86.1 cm³/mol. The van der Waals surface area contributed by atoms with Gasteiger partial charge in [-0.3, -0.25) is 9.59 Å². The summed E-state index contributed by atoms with van der Waals surface area (Å²) in [6.07, 6.45) is 0.498. The van der Waals surface area contributed by atoms with Gasteiger partial charge in [0.1, 0.15) is 11.5 Å². The molecule has 0 bridgehead atoms. The molecule has 0 aliphatic carbocycles. The molecule has 23 heavy (non-hydrogen) atoms. The van der Waals surface area contributed by atoms with Crippen molar-refractivity contribution in [2.45, 2.75) is 25.8 Å². The minimum atomic E-state index is -0.319. The molecule has 1 amide bonds. The van der Waals surface area contributed by atoms with Crippen molar-refractivity contribution >= 4 is 11.6 Å². The second-order valence-corrected chi connectivity index (χ2v) is 5.63. The summed E-state index contributed by atoms with van der Waals surface area (Å²) in [7, 11) is 1.58. The molecule has 3 rings (SSSR count). The van der Waals surface area contributed by atoms with Crippen molar-refractivity contribution in [3.63, 3.8) is 0 Å². The van der Waals surface area contributed by atoms with E-state index in [2.05, 4.69) is 5.32 Å². The van der Waals surface area contributed by atoms with Gasteiger partial charge >= 0.3 is 0 Å². The lowest BCUT2D eigenvalue weighted by Crippen LogP contribution is -2.23. The Morgan fingerprint density at radius 1 is 1.26 bits per heavy atom. The highest BCUT2D eigenvalue weighted by Crippen LogP contribution is 2.37. The van der Waals surface area contributed by atoms with Crippen LogP contribution in [0, 0.1) is 6.92 Å². The van der Waals surface area contributed by atoms with Crippen LogP contribution in [0.25, 0.3) is 0 Å². The van der Waals surface area contributed by atoms with E-state index >= 15 is 0 Å². The summed E-state index contributed by atoms with van der Waals surface area (Å²) in [5, 5.41) is 12.3. The normalized spacial score (nSPS) is 16.1. The standard InChI is InChI=1S/C17H18N2O4/c1-10-7-11(20)8-16(21)19(10)6-5-13-14-9-12(23-2)3-4-15(14)18-17(13)22/h3-4,7-9,13,20H,5-6H2,1-2H3,(H,18,22). The quantitative estimate of drug-likeness (QED) is 0.904. The van der Waals surface area contributed by atoms with Crippen molar-refractivity contribution in [2.24, 2.45) is 0 Å². The zero-order valence-electron chi connectivity index (χ0n) is 13.0. The highest BCUT2D eigenvalue weighted by Gasteiger charge is 2.30. The fourth-order valence-corrected chi connectivity index (χ4v) is 2.97. The summed E-state index contributed by atoms with van der Waals surface area (Å²) in [4.78, 5) is 24.2. The number of aromatic nitrogens is 1. The number of benzene rings is 1. The molecule has 0 saturated carbocycles. The van der Waals surface area contributed by atoms with Crippen LogP contribution in [0.15, 0.2) is 35.1 Å². The number of methoxy groups -OCH3 is 1. The average Bonchev–Trinajstić information content (AvgIpc) is 2.81. The second kappa shape index (κ2) is 5.79. The summed E-state index contributed by atoms with van der Waals surface area (Å²) in [6.45, 7) is 2.16. The highest BCUT2D eigenvalue weighted by atomic mass is 16.5. The van der Waals surface area contributed by atoms with E-state index in [1.54, 1.807) is 24.7 Å². The molecular formula is C17H18N2O4. The summed E-state index contributed by atoms with van der Waals surface area (Å²) in [5.41, 5.74) is 2.07. The van der Waals surface area contributed by atoms with E-state index in [1.807, 2.05) is 12.1 Å². The topological polar surface area (TPSA) is 80.6 Å². The van der Waals surface area contributed by atoms with Crippen LogP contribution in [0.1, 0.15) is 23.6 Å². The summed E-state index contributed by atoms with van der Waals surface area (Å²) < 4.78 is 6.78. The molecule has 1 aliphatic rings. The molecule has 0 spiro atoms. The number of nitrogens with one attached hydrogen (secondary N) is 1. The molecule has 0 radical (unpaired) electrons. The van der Waals surface area contributed by atoms with Gasteiger partial charge in [0.2, 0.25) is 5.91 Å². The molecule has 2 aromatic rings. The van der Waals surface area contributed by atoms with E-state index in [1.165, 1.54) is 12.1 Å². The van der Waals surface area contributed by atoms with Gasteiger partial charge in [0.25, 0.3) is 5.56 Å². The smallest absolute Gasteiger partial charge is 0.254 e. The van der Waals surface area contributed by atoms with Gasteiger partial charge in [-0.15, -0.1) is 0 Å². The largest absolute Gasteiger partial charge is 0.508 e. The minimum absolute atomic E-state index is 0.0440. The first-order valence-corrected chi connectivity index (χ1v) is 7.39. The Morgan fingerprint density at radius 3 is 2.74 bits per heavy atom. The maximum Gasteiger partial charge on any atom is 0.254 e. The Morgan fingerprint density at radius 2 is 2.04 bits per heavy atom. The lowest BCUT2D eigenvalue weighted by molar-refractivity contribution is -0.117. The number of pyridine rings is 1. The first-order valence-electron chi connectivity index (χ1n) is 7.39. The third-order valence-corrected chi connectivity index (χ3v) is 4.17. The molecule has 2 heterocycles. The van der Waals surface area contributed by atoms with Gasteiger partial charge in [-0.1, -0.05) is 0 Å². The van der Waals surface area contributed by atoms with Crippen LogP contribution >= 0.6 is 0 Å². The number of hydrogen-bond acceptors (Lipinski definition) is 4. The fraction of sp³-hybridized carbons (Fsp3) is 0.294. The molecule has 120 valence electrons. The molecule has 1 aliphatic heterocycles. The van der Waals surface area contributed by atoms with Crippen LogP contribution in [0.4, 0.5) is 5.69 Å². The first kappa shape index (κ1) is 15.1. The number of rotatable bonds is 4. The Kier molecular flexibility index (Phi) is 3.82. The number of carbonyl (C=O) groups excluding carboxylic acids is 1. The number of aromatic hydroxyl groups is 1. The van der Waals surface area contributed by atoms with Crippen LogP contribution in [0.2, 0.25) is 0 Å². The summed E-state index contributed by atoms with van der Waals surface area (Å²) in [5.74, 6) is 0.263. The zero-order chi connectivity index (χ0) is 16.6. The van der Waals surface area contributed by atoms with Crippen molar-refractivity contribution in [3.05, 3.63) is 51.9 Å². The fourth-order valence-electron chi connectivity index (χ4n) is 2.97. The average molecular weight is 314 g/mol. The first-order chi connectivity index (χ1) is 11.0. The van der Waals surface area contributed by atoms with Crippen LogP contribution in [0.5, 0.6) is 11.5 Å². The van der Waals surface area contributed by atoms with Crippen molar-refractivity contribution in [3.8, 4) is 11.5 Å². The van der Waals surface area contributed by atoms with E-state index in [0.717, 1.165) is 11.3 Å². The third kappa shape index (κ3) is 2.79. The van der Waals surface area contributed by atoms with Crippen molar-refractivity contribution in [1.82, 2.24) is 4.57 Å². The van der Waals surface area contributed by atoms with Gasteiger partial charge in [-0.2, -0.15) is 0 Å². The van der Waals surface area contributed by atoms with Gasteiger partial charge < -0.3 is 19.7 Å². The number of nitrogens with zero attached hydrogens (tertiary/aromatic N) is 1. The van der Waals surface area contributed by atoms with Crippen LogP contribution in [0.3, 0.4) is 0 Å². The molecule has 6 nitrogen and oxygen atoms in total. The molecule has 6 heteroatoms. The van der Waals surface area contributed by atoms with E-state index in [-0.39, 0.29) is 23.1 Å². The molecule has 1 aromatic carbocycles. The zero-order valence-corrected chi connectivity index (χ0v) is 13.0. The lowest BCUT2D eigenvalue weighted by atomic mass is 9.97. The van der Waals surface area contributed by atoms with Crippen LogP contribution in [-0.2, 0) is 11.3 Å².